The van der Waals surface area contributed by atoms with E-state index in [1.807, 2.05) is 30.3 Å². The molecule has 0 aromatic heterocycles. The molecular formula is C23H29NO6. The predicted octanol–water partition coefficient (Wildman–Crippen LogP) is 3.77. The highest BCUT2D eigenvalue weighted by Crippen LogP contribution is 2.39. The van der Waals surface area contributed by atoms with E-state index < -0.39 is 12.6 Å². The Hall–Kier alpha value is -3.22. The van der Waals surface area contributed by atoms with Gasteiger partial charge in [-0.2, -0.15) is 0 Å². The van der Waals surface area contributed by atoms with Crippen molar-refractivity contribution in [3.63, 3.8) is 0 Å². The summed E-state index contributed by atoms with van der Waals surface area (Å²) in [5, 5.41) is 2.95. The molecule has 0 aliphatic carbocycles. The van der Waals surface area contributed by atoms with Crippen molar-refractivity contribution in [1.29, 1.82) is 0 Å². The molecule has 7 nitrogen and oxygen atoms in total. The van der Waals surface area contributed by atoms with Crippen LogP contribution in [0.1, 0.15) is 42.2 Å². The van der Waals surface area contributed by atoms with Crippen LogP contribution >= 0.6 is 0 Å². The van der Waals surface area contributed by atoms with Crippen LogP contribution in [-0.4, -0.2) is 39.8 Å². The van der Waals surface area contributed by atoms with Crippen molar-refractivity contribution in [2.24, 2.45) is 5.92 Å². The Balaban J connectivity index is 2.07. The maximum atomic E-state index is 12.6. The molecule has 0 radical (unpaired) electrons. The molecule has 7 heteroatoms. The fraction of sp³-hybridized carbons (Fsp3) is 0.391. The van der Waals surface area contributed by atoms with E-state index in [9.17, 15) is 9.59 Å². The van der Waals surface area contributed by atoms with Crippen molar-refractivity contribution in [2.75, 3.05) is 27.9 Å². The topological polar surface area (TPSA) is 83.1 Å². The van der Waals surface area contributed by atoms with Crippen LogP contribution in [0.15, 0.2) is 42.5 Å². The number of ether oxygens (including phenoxy) is 4. The lowest BCUT2D eigenvalue weighted by atomic mass is 9.97. The first kappa shape index (κ1) is 23.1. The van der Waals surface area contributed by atoms with Crippen molar-refractivity contribution in [1.82, 2.24) is 5.32 Å². The van der Waals surface area contributed by atoms with Crippen molar-refractivity contribution < 1.29 is 28.5 Å². The second-order valence-electron chi connectivity index (χ2n) is 7.12. The van der Waals surface area contributed by atoms with Gasteiger partial charge in [-0.05, 0) is 30.0 Å². The second-order valence-corrected chi connectivity index (χ2v) is 7.12. The SMILES string of the molecule is COc1ccc(C(=O)OCC(=O)N[C@@H](CC(C)C)c2ccccc2)c(OC)c1OC. The molecule has 0 heterocycles. The first-order valence-corrected chi connectivity index (χ1v) is 9.71. The molecule has 30 heavy (non-hydrogen) atoms. The van der Waals surface area contributed by atoms with E-state index in [4.69, 9.17) is 18.9 Å². The van der Waals surface area contributed by atoms with E-state index in [0.717, 1.165) is 12.0 Å². The fourth-order valence-electron chi connectivity index (χ4n) is 3.14. The third kappa shape index (κ3) is 5.89. The standard InChI is InChI=1S/C23H29NO6/c1-15(2)13-18(16-9-7-6-8-10-16)24-20(25)14-30-23(26)17-11-12-19(27-3)22(29-5)21(17)28-4/h6-12,15,18H,13-14H2,1-5H3,(H,24,25)/t18-/m0/s1. The first-order valence-electron chi connectivity index (χ1n) is 9.71. The lowest BCUT2D eigenvalue weighted by molar-refractivity contribution is -0.125. The van der Waals surface area contributed by atoms with Gasteiger partial charge in [-0.3, -0.25) is 4.79 Å². The number of hydrogen-bond acceptors (Lipinski definition) is 6. The molecule has 0 aliphatic heterocycles. The monoisotopic (exact) mass is 415 g/mol. The van der Waals surface area contributed by atoms with Crippen molar-refractivity contribution in [3.05, 3.63) is 53.6 Å². The third-order valence-electron chi connectivity index (χ3n) is 4.50. The highest BCUT2D eigenvalue weighted by Gasteiger charge is 2.23. The van der Waals surface area contributed by atoms with Crippen LogP contribution in [0.4, 0.5) is 0 Å². The highest BCUT2D eigenvalue weighted by atomic mass is 16.5. The zero-order chi connectivity index (χ0) is 22.1. The normalized spacial score (nSPS) is 11.5. The van der Waals surface area contributed by atoms with Gasteiger partial charge in [0.25, 0.3) is 5.91 Å². The van der Waals surface area contributed by atoms with E-state index >= 15 is 0 Å². The molecular weight excluding hydrogens is 386 g/mol. The Kier molecular flexibility index (Phi) is 8.53. The molecule has 0 unspecified atom stereocenters. The largest absolute Gasteiger partial charge is 0.493 e. The maximum Gasteiger partial charge on any atom is 0.342 e. The highest BCUT2D eigenvalue weighted by molar-refractivity contribution is 5.95. The number of carbonyl (C=O) groups is 2. The van der Waals surface area contributed by atoms with Crippen LogP contribution in [0.5, 0.6) is 17.2 Å². The Morgan fingerprint density at radius 2 is 1.57 bits per heavy atom. The Morgan fingerprint density at radius 1 is 0.900 bits per heavy atom. The molecule has 0 bridgehead atoms. The summed E-state index contributed by atoms with van der Waals surface area (Å²) in [5.74, 6) is 0.196. The van der Waals surface area contributed by atoms with Gasteiger partial charge >= 0.3 is 5.97 Å². The summed E-state index contributed by atoms with van der Waals surface area (Å²) >= 11 is 0. The van der Waals surface area contributed by atoms with Crippen LogP contribution in [0, 0.1) is 5.92 Å². The molecule has 1 atom stereocenters. The van der Waals surface area contributed by atoms with Crippen molar-refractivity contribution in [3.8, 4) is 17.2 Å². The van der Waals surface area contributed by atoms with E-state index in [1.54, 1.807) is 6.07 Å². The smallest absolute Gasteiger partial charge is 0.342 e. The van der Waals surface area contributed by atoms with Gasteiger partial charge < -0.3 is 24.3 Å². The molecule has 0 saturated heterocycles. The van der Waals surface area contributed by atoms with Crippen LogP contribution in [0.3, 0.4) is 0 Å². The summed E-state index contributed by atoms with van der Waals surface area (Å²) in [4.78, 5) is 25.0. The summed E-state index contributed by atoms with van der Waals surface area (Å²) in [7, 11) is 4.35. The average Bonchev–Trinajstić information content (AvgIpc) is 2.76. The van der Waals surface area contributed by atoms with Crippen LogP contribution in [0.2, 0.25) is 0 Å². The number of carbonyl (C=O) groups excluding carboxylic acids is 2. The summed E-state index contributed by atoms with van der Waals surface area (Å²) in [6.07, 6.45) is 0.771. The zero-order valence-electron chi connectivity index (χ0n) is 18.1. The molecule has 0 saturated carbocycles. The van der Waals surface area contributed by atoms with Gasteiger partial charge in [-0.1, -0.05) is 44.2 Å². The fourth-order valence-corrected chi connectivity index (χ4v) is 3.14. The molecule has 1 N–H and O–H groups in total. The van der Waals surface area contributed by atoms with Gasteiger partial charge in [0.05, 0.1) is 27.4 Å². The van der Waals surface area contributed by atoms with Crippen LogP contribution in [0.25, 0.3) is 0 Å². The number of hydrogen-bond donors (Lipinski definition) is 1. The number of esters is 1. The number of nitrogens with one attached hydrogen (secondary N) is 1. The quantitative estimate of drug-likeness (QED) is 0.595. The van der Waals surface area contributed by atoms with Gasteiger partial charge in [0.1, 0.15) is 5.56 Å². The van der Waals surface area contributed by atoms with Gasteiger partial charge in [-0.15, -0.1) is 0 Å². The molecule has 2 rings (SSSR count). The summed E-state index contributed by atoms with van der Waals surface area (Å²) < 4.78 is 21.0. The third-order valence-corrected chi connectivity index (χ3v) is 4.50. The Morgan fingerprint density at radius 3 is 2.13 bits per heavy atom. The Labute approximate surface area is 177 Å². The number of amides is 1. The van der Waals surface area contributed by atoms with Gasteiger partial charge in [-0.25, -0.2) is 4.79 Å². The summed E-state index contributed by atoms with van der Waals surface area (Å²) in [6.45, 7) is 3.77. The minimum Gasteiger partial charge on any atom is -0.493 e. The van der Waals surface area contributed by atoms with Gasteiger partial charge in [0, 0.05) is 0 Å². The summed E-state index contributed by atoms with van der Waals surface area (Å²) in [6, 6.07) is 12.6. The minimum atomic E-state index is -0.692. The van der Waals surface area contributed by atoms with E-state index in [0.29, 0.717) is 11.7 Å². The van der Waals surface area contributed by atoms with Crippen molar-refractivity contribution in [2.45, 2.75) is 26.3 Å². The minimum absolute atomic E-state index is 0.143. The van der Waals surface area contributed by atoms with Gasteiger partial charge in [0.15, 0.2) is 18.1 Å². The second kappa shape index (κ2) is 11.1. The van der Waals surface area contributed by atoms with E-state index in [-0.39, 0.29) is 29.0 Å². The molecule has 162 valence electrons. The lowest BCUT2D eigenvalue weighted by Crippen LogP contribution is -2.33. The zero-order valence-corrected chi connectivity index (χ0v) is 18.1. The van der Waals surface area contributed by atoms with Crippen LogP contribution in [-0.2, 0) is 9.53 Å². The number of rotatable bonds is 10. The van der Waals surface area contributed by atoms with E-state index in [1.165, 1.54) is 27.4 Å². The molecule has 2 aromatic carbocycles. The van der Waals surface area contributed by atoms with Gasteiger partial charge in [0.2, 0.25) is 5.75 Å². The maximum absolute atomic E-state index is 12.6. The molecule has 0 spiro atoms. The lowest BCUT2D eigenvalue weighted by Gasteiger charge is -2.21. The molecule has 2 aromatic rings. The number of methoxy groups -OCH3 is 3. The summed E-state index contributed by atoms with van der Waals surface area (Å²) in [5.41, 5.74) is 1.15. The Bertz CT molecular complexity index is 850. The van der Waals surface area contributed by atoms with Crippen molar-refractivity contribution >= 4 is 11.9 Å². The molecule has 0 aliphatic rings. The first-order chi connectivity index (χ1) is 14.4. The molecule has 1 amide bonds. The number of benzene rings is 2. The molecule has 0 fully saturated rings. The van der Waals surface area contributed by atoms with E-state index in [2.05, 4.69) is 19.2 Å². The predicted molar refractivity (Wildman–Crippen MR) is 113 cm³/mol. The average molecular weight is 415 g/mol. The van der Waals surface area contributed by atoms with Crippen LogP contribution < -0.4 is 19.5 Å².